The number of nitrogens with two attached hydrogens (primary N) is 1. The molecule has 0 fully saturated rings. The average Bonchev–Trinajstić information content (AvgIpc) is 2.91. The quantitative estimate of drug-likeness (QED) is 0.835. The highest BCUT2D eigenvalue weighted by molar-refractivity contribution is 7.90. The maximum Gasteiger partial charge on any atom is 0.417 e. The van der Waals surface area contributed by atoms with Gasteiger partial charge in [-0.25, -0.2) is 13.4 Å². The molecule has 0 bridgehead atoms. The van der Waals surface area contributed by atoms with E-state index in [-0.39, 0.29) is 6.61 Å². The Morgan fingerprint density at radius 1 is 1.35 bits per heavy atom. The van der Waals surface area contributed by atoms with Gasteiger partial charge in [-0.3, -0.25) is 4.79 Å². The smallest absolute Gasteiger partial charge is 0.375 e. The van der Waals surface area contributed by atoms with Gasteiger partial charge in [0.2, 0.25) is 5.91 Å². The van der Waals surface area contributed by atoms with E-state index in [1.165, 1.54) is 30.0 Å². The molecule has 2 N–H and O–H groups in total. The van der Waals surface area contributed by atoms with Crippen LogP contribution in [0.2, 0.25) is 0 Å². The second kappa shape index (κ2) is 8.60. The number of aromatic nitrogens is 1. The van der Waals surface area contributed by atoms with E-state index in [2.05, 4.69) is 15.5 Å². The van der Waals surface area contributed by atoms with Crippen molar-refractivity contribution in [1.29, 1.82) is 0 Å². The third-order valence-electron chi connectivity index (χ3n) is 2.98. The number of nitrogens with zero attached hydrogens (tertiary/aromatic N) is 1. The van der Waals surface area contributed by atoms with Crippen molar-refractivity contribution in [3.8, 4) is 10.4 Å². The number of primary amides is 1. The second-order valence-corrected chi connectivity index (χ2v) is 7.99. The minimum atomic E-state index is -4.73. The van der Waals surface area contributed by atoms with Gasteiger partial charge in [0.1, 0.15) is 6.61 Å². The fraction of sp³-hybridized carbons (Fsp3) is 0.333. The lowest BCUT2D eigenvalue weighted by atomic mass is 10.1. The number of ether oxygens (including phenoxy) is 1. The summed E-state index contributed by atoms with van der Waals surface area (Å²) >= 11 is 1.21. The maximum atomic E-state index is 13.0. The third-order valence-corrected chi connectivity index (χ3v) is 5.11. The van der Waals surface area contributed by atoms with E-state index >= 15 is 0 Å². The van der Waals surface area contributed by atoms with Gasteiger partial charge >= 0.3 is 6.18 Å². The molecule has 0 radical (unpaired) electrons. The summed E-state index contributed by atoms with van der Waals surface area (Å²) in [5, 5.41) is 0. The number of aryl methyl sites for hydroxylation is 1. The molecular formula is C15H17F3N2O4S2. The molecule has 1 aromatic carbocycles. The Bertz CT molecular complexity index is 877. The Balaban J connectivity index is 0.000000487. The average molecular weight is 410 g/mol. The first-order chi connectivity index (χ1) is 11.9. The zero-order chi connectivity index (χ0) is 20.1. The zero-order valence-corrected chi connectivity index (χ0v) is 15.8. The van der Waals surface area contributed by atoms with Gasteiger partial charge in [-0.1, -0.05) is 6.07 Å². The van der Waals surface area contributed by atoms with E-state index in [0.717, 1.165) is 18.4 Å². The first-order valence-electron chi connectivity index (χ1n) is 6.97. The van der Waals surface area contributed by atoms with E-state index in [0.29, 0.717) is 16.1 Å². The number of carbonyl (C=O) groups excluding carboxylic acids is 1. The summed E-state index contributed by atoms with van der Waals surface area (Å²) in [6.45, 7) is 1.70. The number of alkyl halides is 3. The van der Waals surface area contributed by atoms with Crippen LogP contribution >= 0.6 is 11.3 Å². The van der Waals surface area contributed by atoms with Crippen molar-refractivity contribution in [1.82, 2.24) is 4.98 Å². The molecule has 2 aromatic rings. The van der Waals surface area contributed by atoms with Crippen LogP contribution < -0.4 is 5.73 Å². The van der Waals surface area contributed by atoms with Crippen LogP contribution in [0.1, 0.15) is 11.3 Å². The first kappa shape index (κ1) is 22.1. The van der Waals surface area contributed by atoms with Crippen LogP contribution in [-0.4, -0.2) is 39.3 Å². The molecule has 1 aromatic heterocycles. The number of rotatable bonds is 4. The van der Waals surface area contributed by atoms with E-state index in [9.17, 15) is 26.4 Å². The molecule has 2 rings (SSSR count). The number of benzene rings is 1. The number of amides is 1. The molecule has 0 saturated heterocycles. The molecule has 144 valence electrons. The zero-order valence-electron chi connectivity index (χ0n) is 14.1. The van der Waals surface area contributed by atoms with Crippen molar-refractivity contribution in [2.24, 2.45) is 5.73 Å². The van der Waals surface area contributed by atoms with Gasteiger partial charge in [0.05, 0.1) is 26.5 Å². The number of thiazole rings is 1. The Kier molecular flexibility index (Phi) is 7.30. The number of carbonyl (C=O) groups is 1. The van der Waals surface area contributed by atoms with Crippen molar-refractivity contribution in [3.05, 3.63) is 35.0 Å². The van der Waals surface area contributed by atoms with Crippen LogP contribution in [0.3, 0.4) is 0 Å². The molecule has 0 atom stereocenters. The van der Waals surface area contributed by atoms with Gasteiger partial charge in [0.25, 0.3) is 0 Å². The van der Waals surface area contributed by atoms with Crippen molar-refractivity contribution in [3.63, 3.8) is 0 Å². The number of methoxy groups -OCH3 is 1. The molecule has 0 unspecified atom stereocenters. The Morgan fingerprint density at radius 2 is 1.96 bits per heavy atom. The van der Waals surface area contributed by atoms with Gasteiger partial charge in [0.15, 0.2) is 9.84 Å². The van der Waals surface area contributed by atoms with E-state index in [1.54, 1.807) is 6.92 Å². The molecule has 0 spiro atoms. The normalized spacial score (nSPS) is 11.6. The van der Waals surface area contributed by atoms with Crippen LogP contribution in [0.4, 0.5) is 13.2 Å². The second-order valence-electron chi connectivity index (χ2n) is 5.15. The number of sulfone groups is 1. The Hall–Kier alpha value is -1.98. The summed E-state index contributed by atoms with van der Waals surface area (Å²) in [4.78, 5) is 13.6. The molecule has 11 heteroatoms. The molecule has 6 nitrogen and oxygen atoms in total. The highest BCUT2D eigenvalue weighted by atomic mass is 32.2. The predicted octanol–water partition coefficient (Wildman–Crippen LogP) is 2.66. The molecule has 0 saturated carbocycles. The highest BCUT2D eigenvalue weighted by Gasteiger charge is 2.36. The van der Waals surface area contributed by atoms with Gasteiger partial charge in [-0.2, -0.15) is 13.2 Å². The van der Waals surface area contributed by atoms with Gasteiger partial charge in [-0.15, -0.1) is 11.3 Å². The molecule has 0 aliphatic heterocycles. The summed E-state index contributed by atoms with van der Waals surface area (Å²) in [5.74, 6) is -0.433. The van der Waals surface area contributed by atoms with E-state index in [4.69, 9.17) is 0 Å². The van der Waals surface area contributed by atoms with Gasteiger partial charge in [0, 0.05) is 13.4 Å². The van der Waals surface area contributed by atoms with Gasteiger partial charge in [-0.05, 0) is 24.6 Å². The van der Waals surface area contributed by atoms with Crippen LogP contribution in [0.25, 0.3) is 10.4 Å². The standard InChI is InChI=1S/C12H10F3NO2S2.C3H7NO2/c1-7-11(19-6-16-7)8-3-4-10(20(2,17)18)9(5-8)12(13,14)15;1-6-2-3(4)5/h3-6H,1-2H3;2H2,1H3,(H2,4,5). The summed E-state index contributed by atoms with van der Waals surface area (Å²) in [6, 6.07) is 3.22. The van der Waals surface area contributed by atoms with Crippen molar-refractivity contribution in [2.75, 3.05) is 20.0 Å². The van der Waals surface area contributed by atoms with Crippen LogP contribution in [0.5, 0.6) is 0 Å². The summed E-state index contributed by atoms with van der Waals surface area (Å²) in [6.07, 6.45) is -3.97. The summed E-state index contributed by atoms with van der Waals surface area (Å²) in [7, 11) is -2.52. The lowest BCUT2D eigenvalue weighted by Crippen LogP contribution is -2.16. The minimum absolute atomic E-state index is 0.0139. The van der Waals surface area contributed by atoms with Crippen LogP contribution in [0, 0.1) is 6.92 Å². The number of hydrogen-bond donors (Lipinski definition) is 1. The summed E-state index contributed by atoms with van der Waals surface area (Å²) in [5.41, 5.74) is 5.94. The number of hydrogen-bond acceptors (Lipinski definition) is 6. The first-order valence-corrected chi connectivity index (χ1v) is 9.74. The lowest BCUT2D eigenvalue weighted by Gasteiger charge is -2.13. The topological polar surface area (TPSA) is 99.3 Å². The van der Waals surface area contributed by atoms with Crippen molar-refractivity contribution >= 4 is 27.1 Å². The number of halogens is 3. The third kappa shape index (κ3) is 6.07. The summed E-state index contributed by atoms with van der Waals surface area (Å²) < 4.78 is 66.3. The van der Waals surface area contributed by atoms with E-state index < -0.39 is 32.4 Å². The van der Waals surface area contributed by atoms with Crippen molar-refractivity contribution in [2.45, 2.75) is 18.0 Å². The molecule has 1 heterocycles. The molecular weight excluding hydrogens is 393 g/mol. The van der Waals surface area contributed by atoms with E-state index in [1.807, 2.05) is 0 Å². The van der Waals surface area contributed by atoms with Crippen LogP contribution in [0.15, 0.2) is 28.6 Å². The largest absolute Gasteiger partial charge is 0.417 e. The van der Waals surface area contributed by atoms with Gasteiger partial charge < -0.3 is 10.5 Å². The molecule has 0 aliphatic carbocycles. The SMILES string of the molecule is COCC(N)=O.Cc1ncsc1-c1ccc(S(C)(=O)=O)c(C(F)(F)F)c1. The molecule has 0 aliphatic rings. The Morgan fingerprint density at radius 3 is 2.31 bits per heavy atom. The fourth-order valence-corrected chi connectivity index (χ4v) is 3.63. The fourth-order valence-electron chi connectivity index (χ4n) is 1.94. The molecule has 26 heavy (non-hydrogen) atoms. The maximum absolute atomic E-state index is 13.0. The lowest BCUT2D eigenvalue weighted by molar-refractivity contribution is -0.139. The minimum Gasteiger partial charge on any atom is -0.375 e. The van der Waals surface area contributed by atoms with Crippen LogP contribution in [-0.2, 0) is 25.5 Å². The van der Waals surface area contributed by atoms with Crippen molar-refractivity contribution < 1.29 is 31.1 Å². The molecule has 1 amide bonds. The predicted molar refractivity (Wildman–Crippen MR) is 91.5 cm³/mol. The Labute approximate surface area is 152 Å². The highest BCUT2D eigenvalue weighted by Crippen LogP contribution is 2.38. The monoisotopic (exact) mass is 410 g/mol.